The van der Waals surface area contributed by atoms with E-state index in [1.165, 1.54) is 12.6 Å². The largest absolute Gasteiger partial charge is 0.367 e. The first-order valence-electron chi connectivity index (χ1n) is 6.19. The lowest BCUT2D eigenvalue weighted by Crippen LogP contribution is -2.29. The third-order valence-corrected chi connectivity index (χ3v) is 3.57. The summed E-state index contributed by atoms with van der Waals surface area (Å²) < 4.78 is 0. The predicted octanol–water partition coefficient (Wildman–Crippen LogP) is 1.84. The van der Waals surface area contributed by atoms with E-state index in [0.717, 1.165) is 12.8 Å². The SMILES string of the molecule is Cc1cc(NC2CCCC2CN)ncc1[N+](=O)[O-]. The summed E-state index contributed by atoms with van der Waals surface area (Å²) >= 11 is 0. The number of hydrogen-bond acceptors (Lipinski definition) is 5. The zero-order valence-electron chi connectivity index (χ0n) is 10.4. The predicted molar refractivity (Wildman–Crippen MR) is 69.4 cm³/mol. The number of pyridine rings is 1. The summed E-state index contributed by atoms with van der Waals surface area (Å²) in [6, 6.07) is 2.06. The summed E-state index contributed by atoms with van der Waals surface area (Å²) in [5, 5.41) is 14.0. The number of nitrogens with two attached hydrogens (primary N) is 1. The third-order valence-electron chi connectivity index (χ3n) is 3.57. The van der Waals surface area contributed by atoms with E-state index in [-0.39, 0.29) is 5.69 Å². The molecule has 0 radical (unpaired) electrons. The molecule has 1 aromatic rings. The molecule has 6 nitrogen and oxygen atoms in total. The van der Waals surface area contributed by atoms with Gasteiger partial charge in [0.1, 0.15) is 12.0 Å². The van der Waals surface area contributed by atoms with E-state index in [1.807, 2.05) is 0 Å². The molecule has 1 heterocycles. The Morgan fingerprint density at radius 1 is 1.61 bits per heavy atom. The minimum Gasteiger partial charge on any atom is -0.367 e. The lowest BCUT2D eigenvalue weighted by Gasteiger charge is -2.20. The van der Waals surface area contributed by atoms with Gasteiger partial charge >= 0.3 is 0 Å². The fourth-order valence-electron chi connectivity index (χ4n) is 2.52. The van der Waals surface area contributed by atoms with Crippen molar-refractivity contribution in [3.8, 4) is 0 Å². The zero-order valence-corrected chi connectivity index (χ0v) is 10.4. The van der Waals surface area contributed by atoms with Crippen LogP contribution in [0.25, 0.3) is 0 Å². The van der Waals surface area contributed by atoms with Gasteiger partial charge in [-0.2, -0.15) is 0 Å². The summed E-state index contributed by atoms with van der Waals surface area (Å²) in [6.45, 7) is 2.39. The molecular formula is C12H18N4O2. The van der Waals surface area contributed by atoms with Crippen LogP contribution >= 0.6 is 0 Å². The van der Waals surface area contributed by atoms with Gasteiger partial charge in [0.15, 0.2) is 0 Å². The molecule has 3 N–H and O–H groups in total. The third kappa shape index (κ3) is 2.59. The molecule has 1 saturated carbocycles. The normalized spacial score (nSPS) is 23.0. The summed E-state index contributed by atoms with van der Waals surface area (Å²) in [5.41, 5.74) is 6.40. The number of rotatable bonds is 4. The van der Waals surface area contributed by atoms with Crippen molar-refractivity contribution in [2.24, 2.45) is 11.7 Å². The van der Waals surface area contributed by atoms with Crippen molar-refractivity contribution >= 4 is 11.5 Å². The molecule has 2 rings (SSSR count). The second-order valence-corrected chi connectivity index (χ2v) is 4.79. The van der Waals surface area contributed by atoms with Crippen LogP contribution in [-0.2, 0) is 0 Å². The van der Waals surface area contributed by atoms with Gasteiger partial charge in [-0.25, -0.2) is 4.98 Å². The van der Waals surface area contributed by atoms with Crippen molar-refractivity contribution in [1.82, 2.24) is 4.98 Å². The van der Waals surface area contributed by atoms with E-state index in [9.17, 15) is 10.1 Å². The van der Waals surface area contributed by atoms with Crippen molar-refractivity contribution < 1.29 is 4.92 Å². The van der Waals surface area contributed by atoms with Crippen LogP contribution in [0.4, 0.5) is 11.5 Å². The lowest BCUT2D eigenvalue weighted by molar-refractivity contribution is -0.385. The van der Waals surface area contributed by atoms with Gasteiger partial charge in [0, 0.05) is 11.6 Å². The molecule has 1 fully saturated rings. The number of hydrogen-bond donors (Lipinski definition) is 2. The highest BCUT2D eigenvalue weighted by Crippen LogP contribution is 2.28. The van der Waals surface area contributed by atoms with Gasteiger partial charge in [-0.15, -0.1) is 0 Å². The lowest BCUT2D eigenvalue weighted by atomic mass is 10.0. The molecule has 0 bridgehead atoms. The van der Waals surface area contributed by atoms with Crippen LogP contribution in [0.2, 0.25) is 0 Å². The number of aryl methyl sites for hydroxylation is 1. The molecule has 0 saturated heterocycles. The minimum absolute atomic E-state index is 0.0577. The number of nitrogens with zero attached hydrogens (tertiary/aromatic N) is 2. The molecule has 18 heavy (non-hydrogen) atoms. The van der Waals surface area contributed by atoms with Crippen molar-refractivity contribution in [3.05, 3.63) is 27.9 Å². The first-order chi connectivity index (χ1) is 8.61. The van der Waals surface area contributed by atoms with E-state index in [0.29, 0.717) is 29.9 Å². The molecule has 6 heteroatoms. The van der Waals surface area contributed by atoms with E-state index >= 15 is 0 Å². The molecule has 0 aromatic carbocycles. The highest BCUT2D eigenvalue weighted by molar-refractivity contribution is 5.47. The van der Waals surface area contributed by atoms with Crippen molar-refractivity contribution in [1.29, 1.82) is 0 Å². The van der Waals surface area contributed by atoms with Gasteiger partial charge in [0.25, 0.3) is 5.69 Å². The summed E-state index contributed by atoms with van der Waals surface area (Å²) in [7, 11) is 0. The molecule has 0 amide bonds. The van der Waals surface area contributed by atoms with Crippen LogP contribution in [0.5, 0.6) is 0 Å². The summed E-state index contributed by atoms with van der Waals surface area (Å²) in [4.78, 5) is 14.4. The van der Waals surface area contributed by atoms with Crippen LogP contribution in [0.1, 0.15) is 24.8 Å². The fraction of sp³-hybridized carbons (Fsp3) is 0.583. The van der Waals surface area contributed by atoms with Crippen LogP contribution in [0.15, 0.2) is 12.3 Å². The van der Waals surface area contributed by atoms with E-state index in [1.54, 1.807) is 13.0 Å². The maximum atomic E-state index is 10.7. The molecule has 1 aromatic heterocycles. The van der Waals surface area contributed by atoms with Gasteiger partial charge < -0.3 is 11.1 Å². The van der Waals surface area contributed by atoms with Gasteiger partial charge in [-0.3, -0.25) is 10.1 Å². The maximum absolute atomic E-state index is 10.7. The number of nitro groups is 1. The molecule has 1 aliphatic rings. The van der Waals surface area contributed by atoms with Crippen molar-refractivity contribution in [3.63, 3.8) is 0 Å². The first kappa shape index (κ1) is 12.8. The Morgan fingerprint density at radius 2 is 2.39 bits per heavy atom. The average molecular weight is 250 g/mol. The topological polar surface area (TPSA) is 94.1 Å². The Kier molecular flexibility index (Phi) is 3.76. The van der Waals surface area contributed by atoms with Gasteiger partial charge in [-0.1, -0.05) is 6.42 Å². The van der Waals surface area contributed by atoms with Gasteiger partial charge in [0.05, 0.1) is 4.92 Å². The Bertz CT molecular complexity index is 450. The van der Waals surface area contributed by atoms with Crippen LogP contribution in [-0.4, -0.2) is 22.5 Å². The molecule has 2 atom stereocenters. The quantitative estimate of drug-likeness (QED) is 0.628. The molecule has 1 aliphatic carbocycles. The monoisotopic (exact) mass is 250 g/mol. The maximum Gasteiger partial charge on any atom is 0.290 e. The number of nitrogens with one attached hydrogen (secondary N) is 1. The number of anilines is 1. The number of aromatic nitrogens is 1. The molecule has 2 unspecified atom stereocenters. The standard InChI is InChI=1S/C12H18N4O2/c1-8-5-12(14-7-11(8)16(17)18)15-10-4-2-3-9(10)6-13/h5,7,9-10H,2-4,6,13H2,1H3,(H,14,15). The first-order valence-corrected chi connectivity index (χ1v) is 6.19. The van der Waals surface area contributed by atoms with Crippen LogP contribution in [0.3, 0.4) is 0 Å². The Hall–Kier alpha value is -1.69. The van der Waals surface area contributed by atoms with Crippen LogP contribution < -0.4 is 11.1 Å². The fourth-order valence-corrected chi connectivity index (χ4v) is 2.52. The summed E-state index contributed by atoms with van der Waals surface area (Å²) in [6.07, 6.45) is 4.70. The van der Waals surface area contributed by atoms with E-state index in [2.05, 4.69) is 10.3 Å². The van der Waals surface area contributed by atoms with Gasteiger partial charge in [0.2, 0.25) is 0 Å². The molecular weight excluding hydrogens is 232 g/mol. The second-order valence-electron chi connectivity index (χ2n) is 4.79. The Morgan fingerprint density at radius 3 is 3.00 bits per heavy atom. The molecule has 98 valence electrons. The molecule has 0 aliphatic heterocycles. The van der Waals surface area contributed by atoms with E-state index in [4.69, 9.17) is 5.73 Å². The van der Waals surface area contributed by atoms with Crippen molar-refractivity contribution in [2.45, 2.75) is 32.2 Å². The molecule has 0 spiro atoms. The summed E-state index contributed by atoms with van der Waals surface area (Å²) in [5.74, 6) is 1.17. The highest BCUT2D eigenvalue weighted by Gasteiger charge is 2.26. The smallest absolute Gasteiger partial charge is 0.290 e. The Balaban J connectivity index is 2.10. The van der Waals surface area contributed by atoms with Crippen LogP contribution in [0, 0.1) is 23.0 Å². The van der Waals surface area contributed by atoms with Gasteiger partial charge in [-0.05, 0) is 38.3 Å². The highest BCUT2D eigenvalue weighted by atomic mass is 16.6. The Labute approximate surface area is 106 Å². The van der Waals surface area contributed by atoms with Crippen molar-refractivity contribution in [2.75, 3.05) is 11.9 Å². The second kappa shape index (κ2) is 5.30. The zero-order chi connectivity index (χ0) is 13.1. The average Bonchev–Trinajstić information content (AvgIpc) is 2.76. The minimum atomic E-state index is -0.412. The van der Waals surface area contributed by atoms with E-state index < -0.39 is 4.92 Å².